The van der Waals surface area contributed by atoms with Gasteiger partial charge in [0.1, 0.15) is 5.75 Å². The molecule has 0 aromatic heterocycles. The summed E-state index contributed by atoms with van der Waals surface area (Å²) < 4.78 is 10.8. The lowest BCUT2D eigenvalue weighted by Gasteiger charge is -2.04. The molecule has 0 amide bonds. The monoisotopic (exact) mass is 168 g/mol. The summed E-state index contributed by atoms with van der Waals surface area (Å²) in [5.74, 6) is 0.533. The molecule has 1 aromatic carbocycles. The van der Waals surface area contributed by atoms with Crippen LogP contribution in [0, 0.1) is 6.07 Å². The van der Waals surface area contributed by atoms with E-state index in [1.54, 1.807) is 24.5 Å². The van der Waals surface area contributed by atoms with E-state index in [1.807, 2.05) is 0 Å². The van der Waals surface area contributed by atoms with Gasteiger partial charge in [-0.25, -0.2) is 0 Å². The van der Waals surface area contributed by atoms with E-state index in [0.717, 1.165) is 5.56 Å². The van der Waals surface area contributed by atoms with E-state index in [1.165, 1.54) is 0 Å². The minimum absolute atomic E-state index is 0.533. The molecule has 59 valence electrons. The summed E-state index contributed by atoms with van der Waals surface area (Å²) in [5.41, 5.74) is 7.12. The topological polar surface area (TPSA) is 49.1 Å². The van der Waals surface area contributed by atoms with Gasteiger partial charge in [-0.3, -0.25) is 0 Å². The van der Waals surface area contributed by atoms with Crippen molar-refractivity contribution in [2.24, 2.45) is 0 Å². The minimum Gasteiger partial charge on any atom is -0.616 e. The number of hydrogen-bond acceptors (Lipinski definition) is 2. The Morgan fingerprint density at radius 2 is 2.45 bits per heavy atom. The average molecular weight is 168 g/mol. The molecule has 2 N–H and O–H groups in total. The van der Waals surface area contributed by atoms with Crippen LogP contribution >= 0.6 is 0 Å². The van der Waals surface area contributed by atoms with Gasteiger partial charge in [0.25, 0.3) is 0 Å². The Labute approximate surface area is 69.6 Å². The zero-order chi connectivity index (χ0) is 8.27. The van der Waals surface area contributed by atoms with Crippen LogP contribution in [0.4, 0.5) is 5.69 Å². The summed E-state index contributed by atoms with van der Waals surface area (Å²) in [6.45, 7) is 0. The maximum atomic E-state index is 10.8. The van der Waals surface area contributed by atoms with E-state index in [-0.39, 0.29) is 0 Å². The highest BCUT2D eigenvalue weighted by molar-refractivity contribution is 7.89. The molecule has 0 bridgehead atoms. The van der Waals surface area contributed by atoms with E-state index < -0.39 is 11.2 Å². The molecule has 0 fully saturated rings. The Morgan fingerprint density at radius 3 is 3.00 bits per heavy atom. The first-order chi connectivity index (χ1) is 5.18. The molecule has 0 spiro atoms. The fraction of sp³-hybridized carbons (Fsp3) is 0.250. The smallest absolute Gasteiger partial charge is 0.131 e. The molecular formula is C8H10NOS. The standard InChI is InChI=1S/C8H10NOS/c1-11(10)6-7-3-2-4-8(9)5-7/h2,4-5H,6,9H2,1H3. The molecule has 1 aromatic rings. The van der Waals surface area contributed by atoms with Gasteiger partial charge in [-0.1, -0.05) is 17.2 Å². The zero-order valence-electron chi connectivity index (χ0n) is 6.33. The van der Waals surface area contributed by atoms with Gasteiger partial charge in [0.15, 0.2) is 0 Å². The normalized spacial score (nSPS) is 12.9. The molecule has 0 saturated carbocycles. The summed E-state index contributed by atoms with van der Waals surface area (Å²) in [6, 6.07) is 8.27. The molecule has 3 heteroatoms. The van der Waals surface area contributed by atoms with Crippen molar-refractivity contribution in [3.63, 3.8) is 0 Å². The number of nitrogens with two attached hydrogens (primary N) is 1. The van der Waals surface area contributed by atoms with E-state index >= 15 is 0 Å². The molecule has 2 nitrogen and oxygen atoms in total. The Kier molecular flexibility index (Phi) is 2.79. The van der Waals surface area contributed by atoms with Crippen LogP contribution in [0.25, 0.3) is 0 Å². The number of benzene rings is 1. The fourth-order valence-corrected chi connectivity index (χ4v) is 1.44. The maximum absolute atomic E-state index is 10.8. The minimum atomic E-state index is -0.812. The summed E-state index contributed by atoms with van der Waals surface area (Å²) in [4.78, 5) is 0. The van der Waals surface area contributed by atoms with Crippen LogP contribution in [-0.2, 0) is 16.9 Å². The lowest BCUT2D eigenvalue weighted by atomic mass is 10.2. The second kappa shape index (κ2) is 3.64. The lowest BCUT2D eigenvalue weighted by Crippen LogP contribution is -2.01. The van der Waals surface area contributed by atoms with Crippen molar-refractivity contribution in [1.82, 2.24) is 0 Å². The van der Waals surface area contributed by atoms with Gasteiger partial charge in [-0.05, 0) is 18.2 Å². The second-order valence-electron chi connectivity index (χ2n) is 2.36. The van der Waals surface area contributed by atoms with Crippen molar-refractivity contribution >= 4 is 16.9 Å². The fourth-order valence-electron chi connectivity index (χ4n) is 0.838. The Hall–Kier alpha value is -0.670. The van der Waals surface area contributed by atoms with Crippen molar-refractivity contribution in [3.05, 3.63) is 29.8 Å². The molecule has 1 atom stereocenters. The quantitative estimate of drug-likeness (QED) is 0.528. The van der Waals surface area contributed by atoms with Crippen LogP contribution in [0.15, 0.2) is 18.2 Å². The molecule has 1 radical (unpaired) electrons. The summed E-state index contributed by atoms with van der Waals surface area (Å²) in [5, 5.41) is 0. The van der Waals surface area contributed by atoms with Gasteiger partial charge < -0.3 is 10.3 Å². The van der Waals surface area contributed by atoms with Crippen LogP contribution in [0.5, 0.6) is 0 Å². The van der Waals surface area contributed by atoms with Crippen molar-refractivity contribution in [1.29, 1.82) is 0 Å². The van der Waals surface area contributed by atoms with E-state index in [4.69, 9.17) is 5.73 Å². The van der Waals surface area contributed by atoms with Gasteiger partial charge in [-0.2, -0.15) is 0 Å². The van der Waals surface area contributed by atoms with Gasteiger partial charge >= 0.3 is 0 Å². The summed E-state index contributed by atoms with van der Waals surface area (Å²) >= 11 is -0.812. The molecule has 0 aliphatic carbocycles. The van der Waals surface area contributed by atoms with E-state index in [9.17, 15) is 4.55 Å². The van der Waals surface area contributed by atoms with E-state index in [2.05, 4.69) is 6.07 Å². The van der Waals surface area contributed by atoms with E-state index in [0.29, 0.717) is 11.4 Å². The van der Waals surface area contributed by atoms with Crippen LogP contribution < -0.4 is 5.73 Å². The number of rotatable bonds is 2. The predicted octanol–water partition coefficient (Wildman–Crippen LogP) is 0.947. The third kappa shape index (κ3) is 2.82. The molecule has 1 unspecified atom stereocenters. The van der Waals surface area contributed by atoms with Gasteiger partial charge in [0.05, 0.1) is 6.26 Å². The highest BCUT2D eigenvalue weighted by Gasteiger charge is 2.00. The Bertz CT molecular complexity index is 237. The molecule has 0 aliphatic heterocycles. The highest BCUT2D eigenvalue weighted by atomic mass is 32.2. The average Bonchev–Trinajstić information content (AvgIpc) is 1.85. The molecular weight excluding hydrogens is 158 g/mol. The number of anilines is 1. The molecule has 1 rings (SSSR count). The van der Waals surface area contributed by atoms with Crippen molar-refractivity contribution in [2.45, 2.75) is 5.75 Å². The summed E-state index contributed by atoms with van der Waals surface area (Å²) in [6.07, 6.45) is 1.66. The van der Waals surface area contributed by atoms with Crippen LogP contribution in [0.2, 0.25) is 0 Å². The van der Waals surface area contributed by atoms with Crippen molar-refractivity contribution < 1.29 is 4.55 Å². The largest absolute Gasteiger partial charge is 0.616 e. The molecule has 0 aliphatic rings. The molecule has 0 heterocycles. The second-order valence-corrected chi connectivity index (χ2v) is 3.80. The first-order valence-electron chi connectivity index (χ1n) is 3.24. The van der Waals surface area contributed by atoms with Crippen LogP contribution in [-0.4, -0.2) is 10.8 Å². The van der Waals surface area contributed by atoms with Crippen molar-refractivity contribution in [2.75, 3.05) is 12.0 Å². The Balaban J connectivity index is 2.71. The maximum Gasteiger partial charge on any atom is 0.131 e. The Morgan fingerprint density at radius 1 is 1.73 bits per heavy atom. The number of hydrogen-bond donors (Lipinski definition) is 1. The van der Waals surface area contributed by atoms with Crippen molar-refractivity contribution in [3.8, 4) is 0 Å². The van der Waals surface area contributed by atoms with Gasteiger partial charge in [0, 0.05) is 11.3 Å². The van der Waals surface area contributed by atoms with Gasteiger partial charge in [0.2, 0.25) is 0 Å². The SMILES string of the molecule is C[S+]([O-])Cc1[c]ccc(N)c1. The third-order valence-corrected chi connectivity index (χ3v) is 1.96. The summed E-state index contributed by atoms with van der Waals surface area (Å²) in [7, 11) is 0. The third-order valence-electron chi connectivity index (χ3n) is 1.24. The lowest BCUT2D eigenvalue weighted by molar-refractivity contribution is 0.600. The highest BCUT2D eigenvalue weighted by Crippen LogP contribution is 2.08. The molecule has 11 heavy (non-hydrogen) atoms. The zero-order valence-corrected chi connectivity index (χ0v) is 7.15. The first-order valence-corrected chi connectivity index (χ1v) is 4.97. The predicted molar refractivity (Wildman–Crippen MR) is 47.5 cm³/mol. The first kappa shape index (κ1) is 8.43. The van der Waals surface area contributed by atoms with Crippen LogP contribution in [0.3, 0.4) is 0 Å². The number of nitrogen functional groups attached to an aromatic ring is 1. The van der Waals surface area contributed by atoms with Crippen LogP contribution in [0.1, 0.15) is 5.56 Å². The molecule has 0 saturated heterocycles. The van der Waals surface area contributed by atoms with Gasteiger partial charge in [-0.15, -0.1) is 0 Å².